The minimum Gasteiger partial charge on any atom is -0.367 e. The van der Waals surface area contributed by atoms with Gasteiger partial charge in [0.15, 0.2) is 0 Å². The molecule has 94 valence electrons. The number of hydrogen-bond donors (Lipinski definition) is 1. The van der Waals surface area contributed by atoms with Gasteiger partial charge in [0.25, 0.3) is 0 Å². The van der Waals surface area contributed by atoms with E-state index < -0.39 is 0 Å². The van der Waals surface area contributed by atoms with Crippen molar-refractivity contribution in [1.29, 1.82) is 0 Å². The van der Waals surface area contributed by atoms with E-state index in [1.165, 1.54) is 37.8 Å². The minimum absolute atomic E-state index is 0.381. The Morgan fingerprint density at radius 1 is 1.29 bits per heavy atom. The maximum atomic E-state index is 4.29. The third-order valence-electron chi connectivity index (χ3n) is 4.22. The van der Waals surface area contributed by atoms with Crippen LogP contribution in [-0.4, -0.2) is 35.0 Å². The van der Waals surface area contributed by atoms with Gasteiger partial charge in [0, 0.05) is 31.9 Å². The summed E-state index contributed by atoms with van der Waals surface area (Å²) >= 11 is 0. The second-order valence-corrected chi connectivity index (χ2v) is 5.56. The van der Waals surface area contributed by atoms with Gasteiger partial charge in [-0.1, -0.05) is 12.8 Å². The molecule has 0 bridgehead atoms. The Bertz CT molecular complexity index is 379. The summed E-state index contributed by atoms with van der Waals surface area (Å²) in [5.74, 6) is 0. The molecule has 1 spiro atoms. The van der Waals surface area contributed by atoms with Crippen molar-refractivity contribution in [1.82, 2.24) is 15.1 Å². The highest BCUT2D eigenvalue weighted by Gasteiger charge is 2.36. The summed E-state index contributed by atoms with van der Waals surface area (Å²) in [5, 5.41) is 8.09. The third-order valence-corrected chi connectivity index (χ3v) is 4.22. The molecule has 2 aliphatic rings. The van der Waals surface area contributed by atoms with Gasteiger partial charge in [0.2, 0.25) is 0 Å². The van der Waals surface area contributed by atoms with Crippen LogP contribution in [0.2, 0.25) is 0 Å². The topological polar surface area (TPSA) is 33.1 Å². The van der Waals surface area contributed by atoms with E-state index in [-0.39, 0.29) is 0 Å². The Balaban J connectivity index is 1.80. The molecular weight excluding hydrogens is 212 g/mol. The van der Waals surface area contributed by atoms with Crippen molar-refractivity contribution in [2.75, 3.05) is 24.5 Å². The average Bonchev–Trinajstić information content (AvgIpc) is 2.87. The molecule has 1 N–H and O–H groups in total. The zero-order chi connectivity index (χ0) is 11.7. The number of rotatable bonds is 1. The smallest absolute Gasteiger partial charge is 0.0753 e. The number of aryl methyl sites for hydroxylation is 1. The van der Waals surface area contributed by atoms with E-state index in [2.05, 4.69) is 21.5 Å². The Kier molecular flexibility index (Phi) is 2.82. The molecule has 1 aliphatic heterocycles. The fourth-order valence-corrected chi connectivity index (χ4v) is 3.30. The summed E-state index contributed by atoms with van der Waals surface area (Å²) in [6, 6.07) is 0. The van der Waals surface area contributed by atoms with Crippen LogP contribution in [0.5, 0.6) is 0 Å². The van der Waals surface area contributed by atoms with Crippen LogP contribution < -0.4 is 10.2 Å². The summed E-state index contributed by atoms with van der Waals surface area (Å²) < 4.78 is 1.90. The molecule has 1 aromatic heterocycles. The van der Waals surface area contributed by atoms with E-state index in [1.807, 2.05) is 17.9 Å². The number of nitrogens with one attached hydrogen (secondary N) is 1. The first-order chi connectivity index (χ1) is 8.27. The largest absolute Gasteiger partial charge is 0.367 e. The average molecular weight is 234 g/mol. The van der Waals surface area contributed by atoms with Crippen LogP contribution in [0.25, 0.3) is 0 Å². The van der Waals surface area contributed by atoms with Crippen molar-refractivity contribution in [3.8, 4) is 0 Å². The molecule has 1 saturated heterocycles. The van der Waals surface area contributed by atoms with Crippen LogP contribution in [0.3, 0.4) is 0 Å². The molecule has 0 unspecified atom stereocenters. The standard InChI is InChI=1S/C13H22N4/c1-16-10-12(9-15-16)17-8-4-7-14-13(11-17)5-2-3-6-13/h9-10,14H,2-8,11H2,1H3. The van der Waals surface area contributed by atoms with Gasteiger partial charge in [-0.2, -0.15) is 5.10 Å². The SMILES string of the molecule is Cn1cc(N2CCCNC3(CCCC3)C2)cn1. The zero-order valence-electron chi connectivity index (χ0n) is 10.7. The second kappa shape index (κ2) is 4.33. The molecule has 0 aromatic carbocycles. The second-order valence-electron chi connectivity index (χ2n) is 5.56. The first-order valence-electron chi connectivity index (χ1n) is 6.76. The van der Waals surface area contributed by atoms with E-state index in [1.54, 1.807) is 0 Å². The van der Waals surface area contributed by atoms with Crippen LogP contribution in [-0.2, 0) is 7.05 Å². The molecule has 17 heavy (non-hydrogen) atoms. The Labute approximate surface area is 103 Å². The van der Waals surface area contributed by atoms with Crippen molar-refractivity contribution in [2.24, 2.45) is 7.05 Å². The number of hydrogen-bond acceptors (Lipinski definition) is 3. The molecule has 2 heterocycles. The molecule has 3 rings (SSSR count). The van der Waals surface area contributed by atoms with Crippen LogP contribution in [0.15, 0.2) is 12.4 Å². The predicted octanol–water partition coefficient (Wildman–Crippen LogP) is 1.53. The molecule has 1 saturated carbocycles. The van der Waals surface area contributed by atoms with Gasteiger partial charge in [-0.3, -0.25) is 4.68 Å². The van der Waals surface area contributed by atoms with Crippen molar-refractivity contribution >= 4 is 5.69 Å². The first-order valence-corrected chi connectivity index (χ1v) is 6.76. The quantitative estimate of drug-likeness (QED) is 0.800. The van der Waals surface area contributed by atoms with Crippen LogP contribution in [0.1, 0.15) is 32.1 Å². The molecule has 2 fully saturated rings. The van der Waals surface area contributed by atoms with E-state index in [0.717, 1.165) is 19.6 Å². The van der Waals surface area contributed by atoms with Crippen molar-refractivity contribution in [2.45, 2.75) is 37.6 Å². The number of aromatic nitrogens is 2. The molecule has 4 heteroatoms. The Hall–Kier alpha value is -1.03. The van der Waals surface area contributed by atoms with Gasteiger partial charge >= 0.3 is 0 Å². The van der Waals surface area contributed by atoms with Gasteiger partial charge in [-0.25, -0.2) is 0 Å². The molecule has 1 aromatic rings. The molecule has 0 atom stereocenters. The van der Waals surface area contributed by atoms with Gasteiger partial charge < -0.3 is 10.2 Å². The molecule has 0 amide bonds. The van der Waals surface area contributed by atoms with Gasteiger partial charge in [0.05, 0.1) is 11.9 Å². The van der Waals surface area contributed by atoms with Gasteiger partial charge in [0.1, 0.15) is 0 Å². The number of nitrogens with zero attached hydrogens (tertiary/aromatic N) is 3. The van der Waals surface area contributed by atoms with E-state index in [9.17, 15) is 0 Å². The van der Waals surface area contributed by atoms with E-state index in [4.69, 9.17) is 0 Å². The van der Waals surface area contributed by atoms with Crippen molar-refractivity contribution in [3.63, 3.8) is 0 Å². The molecule has 4 nitrogen and oxygen atoms in total. The van der Waals surface area contributed by atoms with Crippen LogP contribution in [0.4, 0.5) is 5.69 Å². The predicted molar refractivity (Wildman–Crippen MR) is 69.2 cm³/mol. The van der Waals surface area contributed by atoms with Crippen molar-refractivity contribution < 1.29 is 0 Å². The monoisotopic (exact) mass is 234 g/mol. The highest BCUT2D eigenvalue weighted by Crippen LogP contribution is 2.33. The van der Waals surface area contributed by atoms with Crippen molar-refractivity contribution in [3.05, 3.63) is 12.4 Å². The Morgan fingerprint density at radius 3 is 2.82 bits per heavy atom. The maximum Gasteiger partial charge on any atom is 0.0753 e. The molecule has 0 radical (unpaired) electrons. The summed E-state index contributed by atoms with van der Waals surface area (Å²) in [4.78, 5) is 2.51. The van der Waals surface area contributed by atoms with Crippen LogP contribution in [0, 0.1) is 0 Å². The normalized spacial score (nSPS) is 24.2. The lowest BCUT2D eigenvalue weighted by Gasteiger charge is -2.33. The summed E-state index contributed by atoms with van der Waals surface area (Å²) in [5.41, 5.74) is 1.66. The minimum atomic E-state index is 0.381. The summed E-state index contributed by atoms with van der Waals surface area (Å²) in [7, 11) is 1.99. The van der Waals surface area contributed by atoms with E-state index in [0.29, 0.717) is 5.54 Å². The van der Waals surface area contributed by atoms with Crippen LogP contribution >= 0.6 is 0 Å². The lowest BCUT2D eigenvalue weighted by Crippen LogP contribution is -2.49. The van der Waals surface area contributed by atoms with Gasteiger partial charge in [-0.05, 0) is 25.8 Å². The van der Waals surface area contributed by atoms with E-state index >= 15 is 0 Å². The van der Waals surface area contributed by atoms with Gasteiger partial charge in [-0.15, -0.1) is 0 Å². The summed E-state index contributed by atoms with van der Waals surface area (Å²) in [6.07, 6.45) is 10.8. The highest BCUT2D eigenvalue weighted by molar-refractivity contribution is 5.43. The first kappa shape index (κ1) is 11.1. The molecular formula is C13H22N4. The summed E-state index contributed by atoms with van der Waals surface area (Å²) in [6.45, 7) is 3.47. The maximum absolute atomic E-state index is 4.29. The highest BCUT2D eigenvalue weighted by atomic mass is 15.3. The lowest BCUT2D eigenvalue weighted by atomic mass is 9.97. The fraction of sp³-hybridized carbons (Fsp3) is 0.769. The number of anilines is 1. The lowest BCUT2D eigenvalue weighted by molar-refractivity contribution is 0.354. The fourth-order valence-electron chi connectivity index (χ4n) is 3.30. The zero-order valence-corrected chi connectivity index (χ0v) is 10.7. The Morgan fingerprint density at radius 2 is 2.12 bits per heavy atom. The third kappa shape index (κ3) is 2.18. The molecule has 1 aliphatic carbocycles.